The van der Waals surface area contributed by atoms with Crippen molar-refractivity contribution in [3.05, 3.63) is 59.7 Å². The van der Waals surface area contributed by atoms with Crippen LogP contribution < -0.4 is 9.64 Å². The lowest BCUT2D eigenvalue weighted by Gasteiger charge is -2.32. The van der Waals surface area contributed by atoms with Gasteiger partial charge in [0.05, 0.1) is 20.3 Å². The van der Waals surface area contributed by atoms with Crippen LogP contribution in [0.15, 0.2) is 48.5 Å². The summed E-state index contributed by atoms with van der Waals surface area (Å²) in [6.45, 7) is 5.71. The van der Waals surface area contributed by atoms with Crippen LogP contribution in [0.3, 0.4) is 0 Å². The van der Waals surface area contributed by atoms with Crippen LogP contribution in [0.25, 0.3) is 0 Å². The summed E-state index contributed by atoms with van der Waals surface area (Å²) < 4.78 is 10.5. The van der Waals surface area contributed by atoms with Crippen molar-refractivity contribution >= 4 is 17.6 Å². The summed E-state index contributed by atoms with van der Waals surface area (Å²) in [5, 5.41) is 0. The first-order chi connectivity index (χ1) is 13.3. The standard InChI is InChI=1S/C23H25NO4/c1-22(2,3)20(25)24-17-9-7-6-8-16(17)18-19(24)23(18,21(26)28-5)14-10-12-15(27-4)13-11-14/h6-13,18-19H,1-5H3/t18-,19+,23+/m1/s1. The minimum absolute atomic E-state index is 0.00624. The first kappa shape index (κ1) is 18.5. The molecule has 0 spiro atoms. The van der Waals surface area contributed by atoms with Crippen molar-refractivity contribution in [3.63, 3.8) is 0 Å². The van der Waals surface area contributed by atoms with Gasteiger partial charge in [0.1, 0.15) is 11.2 Å². The van der Waals surface area contributed by atoms with Gasteiger partial charge in [-0.2, -0.15) is 0 Å². The van der Waals surface area contributed by atoms with Crippen molar-refractivity contribution in [2.75, 3.05) is 19.1 Å². The molecule has 1 fully saturated rings. The third-order valence-corrected chi connectivity index (χ3v) is 5.92. The summed E-state index contributed by atoms with van der Waals surface area (Å²) in [6.07, 6.45) is 0. The van der Waals surface area contributed by atoms with Gasteiger partial charge in [0.25, 0.3) is 0 Å². The molecule has 28 heavy (non-hydrogen) atoms. The Hall–Kier alpha value is -2.82. The SMILES string of the molecule is COC(=O)[C@@]1(c2ccc(OC)cc2)[C@@H]2c3ccccc3N(C(=O)C(C)(C)C)[C@@H]21. The summed E-state index contributed by atoms with van der Waals surface area (Å²) in [4.78, 5) is 28.3. The number of rotatable bonds is 3. The van der Waals surface area contributed by atoms with Crippen LogP contribution in [0, 0.1) is 5.41 Å². The fraction of sp³-hybridized carbons (Fsp3) is 0.391. The number of carbonyl (C=O) groups excluding carboxylic acids is 2. The molecule has 0 radical (unpaired) electrons. The number of ether oxygens (including phenoxy) is 2. The monoisotopic (exact) mass is 379 g/mol. The average molecular weight is 379 g/mol. The van der Waals surface area contributed by atoms with Gasteiger partial charge in [0, 0.05) is 17.0 Å². The van der Waals surface area contributed by atoms with E-state index in [9.17, 15) is 9.59 Å². The van der Waals surface area contributed by atoms with Crippen LogP contribution in [-0.2, 0) is 19.7 Å². The lowest BCUT2D eigenvalue weighted by Crippen LogP contribution is -2.45. The summed E-state index contributed by atoms with van der Waals surface area (Å²) in [7, 11) is 3.01. The van der Waals surface area contributed by atoms with E-state index < -0.39 is 10.8 Å². The van der Waals surface area contributed by atoms with Gasteiger partial charge in [-0.3, -0.25) is 9.59 Å². The Balaban J connectivity index is 1.89. The molecule has 4 rings (SSSR count). The molecular weight excluding hydrogens is 354 g/mol. The number of carbonyl (C=O) groups is 2. The molecule has 2 aliphatic rings. The second kappa shape index (κ2) is 6.09. The molecule has 5 heteroatoms. The van der Waals surface area contributed by atoms with E-state index in [1.54, 1.807) is 7.11 Å². The molecule has 0 saturated heterocycles. The maximum Gasteiger partial charge on any atom is 0.319 e. The van der Waals surface area contributed by atoms with E-state index in [4.69, 9.17) is 9.47 Å². The van der Waals surface area contributed by atoms with Crippen LogP contribution in [0.4, 0.5) is 5.69 Å². The molecule has 3 atom stereocenters. The second-order valence-electron chi connectivity index (χ2n) is 8.50. The molecule has 0 aromatic heterocycles. The molecule has 2 aromatic rings. The van der Waals surface area contributed by atoms with Crippen molar-refractivity contribution in [1.29, 1.82) is 0 Å². The van der Waals surface area contributed by atoms with E-state index in [2.05, 4.69) is 0 Å². The maximum atomic E-state index is 13.4. The van der Waals surface area contributed by atoms with Crippen molar-refractivity contribution in [2.45, 2.75) is 38.1 Å². The molecule has 1 amide bonds. The topological polar surface area (TPSA) is 55.8 Å². The highest BCUT2D eigenvalue weighted by molar-refractivity contribution is 6.07. The summed E-state index contributed by atoms with van der Waals surface area (Å²) in [5.74, 6) is 0.300. The van der Waals surface area contributed by atoms with Crippen molar-refractivity contribution < 1.29 is 19.1 Å². The second-order valence-corrected chi connectivity index (χ2v) is 8.50. The van der Waals surface area contributed by atoms with Crippen molar-refractivity contribution in [3.8, 4) is 5.75 Å². The third kappa shape index (κ3) is 2.32. The van der Waals surface area contributed by atoms with E-state index in [0.717, 1.165) is 22.6 Å². The van der Waals surface area contributed by atoms with Gasteiger partial charge in [0.15, 0.2) is 0 Å². The lowest BCUT2D eigenvalue weighted by atomic mass is 9.87. The van der Waals surface area contributed by atoms with Gasteiger partial charge in [-0.1, -0.05) is 51.1 Å². The van der Waals surface area contributed by atoms with Crippen LogP contribution in [0.5, 0.6) is 5.75 Å². The summed E-state index contributed by atoms with van der Waals surface area (Å²) in [6, 6.07) is 15.1. The molecule has 2 aromatic carbocycles. The predicted molar refractivity (Wildman–Crippen MR) is 107 cm³/mol. The number of amides is 1. The third-order valence-electron chi connectivity index (χ3n) is 5.92. The molecular formula is C23H25NO4. The summed E-state index contributed by atoms with van der Waals surface area (Å²) >= 11 is 0. The lowest BCUT2D eigenvalue weighted by molar-refractivity contribution is -0.144. The molecule has 0 bridgehead atoms. The minimum atomic E-state index is -0.893. The number of fused-ring (bicyclic) bond motifs is 3. The van der Waals surface area contributed by atoms with E-state index in [-0.39, 0.29) is 23.8 Å². The Morgan fingerprint density at radius 2 is 1.64 bits per heavy atom. The van der Waals surface area contributed by atoms with Crippen LogP contribution in [-0.4, -0.2) is 32.1 Å². The molecule has 0 N–H and O–H groups in total. The highest BCUT2D eigenvalue weighted by atomic mass is 16.5. The first-order valence-electron chi connectivity index (χ1n) is 9.44. The Kier molecular flexibility index (Phi) is 4.03. The molecule has 1 saturated carbocycles. The normalized spacial score (nSPS) is 25.0. The number of para-hydroxylation sites is 1. The number of methoxy groups -OCH3 is 2. The molecule has 1 heterocycles. The number of nitrogens with zero attached hydrogens (tertiary/aromatic N) is 1. The summed E-state index contributed by atoms with van der Waals surface area (Å²) in [5.41, 5.74) is 1.30. The molecule has 146 valence electrons. The van der Waals surface area contributed by atoms with Gasteiger partial charge in [-0.05, 0) is 29.3 Å². The van der Waals surface area contributed by atoms with E-state index >= 15 is 0 Å². The number of benzene rings is 2. The van der Waals surface area contributed by atoms with E-state index in [1.807, 2.05) is 74.2 Å². The van der Waals surface area contributed by atoms with E-state index in [1.165, 1.54) is 7.11 Å². The Labute approximate surface area is 165 Å². The average Bonchev–Trinajstić information content (AvgIpc) is 3.25. The molecule has 5 nitrogen and oxygen atoms in total. The fourth-order valence-electron chi connectivity index (χ4n) is 4.61. The van der Waals surface area contributed by atoms with Gasteiger partial charge < -0.3 is 14.4 Å². The van der Waals surface area contributed by atoms with Crippen LogP contribution in [0.1, 0.15) is 37.8 Å². The van der Waals surface area contributed by atoms with Crippen LogP contribution >= 0.6 is 0 Å². The largest absolute Gasteiger partial charge is 0.497 e. The first-order valence-corrected chi connectivity index (χ1v) is 9.44. The predicted octanol–water partition coefficient (Wildman–Crippen LogP) is 3.66. The van der Waals surface area contributed by atoms with Gasteiger partial charge in [-0.15, -0.1) is 0 Å². The quantitative estimate of drug-likeness (QED) is 0.764. The fourth-order valence-corrected chi connectivity index (χ4v) is 4.61. The Bertz CT molecular complexity index is 944. The zero-order valence-electron chi connectivity index (χ0n) is 16.9. The van der Waals surface area contributed by atoms with Gasteiger partial charge >= 0.3 is 5.97 Å². The highest BCUT2D eigenvalue weighted by Gasteiger charge is 2.78. The maximum absolute atomic E-state index is 13.4. The number of esters is 1. The number of hydrogen-bond acceptors (Lipinski definition) is 4. The zero-order chi connectivity index (χ0) is 20.3. The van der Waals surface area contributed by atoms with Crippen molar-refractivity contribution in [1.82, 2.24) is 0 Å². The Morgan fingerprint density at radius 3 is 2.21 bits per heavy atom. The molecule has 0 unspecified atom stereocenters. The number of anilines is 1. The minimum Gasteiger partial charge on any atom is -0.497 e. The smallest absolute Gasteiger partial charge is 0.319 e. The number of hydrogen-bond donors (Lipinski definition) is 0. The molecule has 1 aliphatic carbocycles. The van der Waals surface area contributed by atoms with Gasteiger partial charge in [-0.25, -0.2) is 0 Å². The van der Waals surface area contributed by atoms with Crippen molar-refractivity contribution in [2.24, 2.45) is 5.41 Å². The Morgan fingerprint density at radius 1 is 1.00 bits per heavy atom. The highest BCUT2D eigenvalue weighted by Crippen LogP contribution is 2.70. The zero-order valence-corrected chi connectivity index (χ0v) is 16.9. The molecule has 1 aliphatic heterocycles. The van der Waals surface area contributed by atoms with Crippen LogP contribution in [0.2, 0.25) is 0 Å². The van der Waals surface area contributed by atoms with E-state index in [0.29, 0.717) is 0 Å². The van der Waals surface area contributed by atoms with Gasteiger partial charge in [0.2, 0.25) is 5.91 Å².